The summed E-state index contributed by atoms with van der Waals surface area (Å²) in [5.74, 6) is 0. The predicted octanol–water partition coefficient (Wildman–Crippen LogP) is 2.92. The van der Waals surface area contributed by atoms with Crippen LogP contribution in [-0.2, 0) is 0 Å². The van der Waals surface area contributed by atoms with Crippen molar-refractivity contribution in [2.45, 2.75) is 10.1 Å². The van der Waals surface area contributed by atoms with E-state index < -0.39 is 0 Å². The van der Waals surface area contributed by atoms with Crippen LogP contribution in [0.3, 0.4) is 0 Å². The largest absolute Gasteiger partial charge is 0.113 e. The summed E-state index contributed by atoms with van der Waals surface area (Å²) in [5.41, 5.74) is 2.90. The van der Waals surface area contributed by atoms with Gasteiger partial charge in [-0.15, -0.1) is 11.8 Å². The molecule has 2 aromatic rings. The average molecular weight is 301 g/mol. The van der Waals surface area contributed by atoms with Crippen molar-refractivity contribution in [1.82, 2.24) is 0 Å². The number of hydrogen-bond donors (Lipinski definition) is 0. The number of hydrogen-bond acceptors (Lipinski definition) is 1. The molecule has 1 aliphatic heterocycles. The number of halogens is 1. The number of benzene rings is 2. The second kappa shape index (κ2) is 3.50. The summed E-state index contributed by atoms with van der Waals surface area (Å²) >= 11 is 5.50. The summed E-state index contributed by atoms with van der Waals surface area (Å²) in [6, 6.07) is 15.3. The van der Waals surface area contributed by atoms with E-state index in [9.17, 15) is 0 Å². The molecule has 0 N–H and O–H groups in total. The molecule has 0 saturated heterocycles. The van der Waals surface area contributed by atoms with Gasteiger partial charge in [-0.05, 0) is 33.7 Å². The molecule has 1 unspecified atom stereocenters. The van der Waals surface area contributed by atoms with Crippen LogP contribution in [0.2, 0.25) is 0 Å². The van der Waals surface area contributed by atoms with E-state index in [-0.39, 0.29) is 0 Å². The van der Waals surface area contributed by atoms with Gasteiger partial charge in [0.25, 0.3) is 0 Å². The lowest BCUT2D eigenvalue weighted by molar-refractivity contribution is 1.38. The summed E-state index contributed by atoms with van der Waals surface area (Å²) in [7, 11) is 0. The van der Waals surface area contributed by atoms with Gasteiger partial charge in [0.05, 0.1) is 5.25 Å². The molecule has 2 heteroatoms. The van der Waals surface area contributed by atoms with E-state index in [1.807, 2.05) is 11.8 Å². The first-order valence-electron chi connectivity index (χ1n) is 5.60. The van der Waals surface area contributed by atoms with E-state index in [1.54, 1.807) is 0 Å². The fraction of sp³-hybridized carbons (Fsp3) is 0.0667. The molecule has 0 radical (unpaired) electrons. The second-order valence-electron chi connectivity index (χ2n) is 4.35. The van der Waals surface area contributed by atoms with Gasteiger partial charge in [0.2, 0.25) is 0 Å². The highest BCUT2D eigenvalue weighted by atomic mass is 79.9. The molecule has 0 bridgehead atoms. The van der Waals surface area contributed by atoms with E-state index in [0.29, 0.717) is 5.25 Å². The Balaban J connectivity index is 2.11. The van der Waals surface area contributed by atoms with Crippen molar-refractivity contribution in [3.63, 3.8) is 0 Å². The van der Waals surface area contributed by atoms with Crippen molar-refractivity contribution in [2.75, 3.05) is 0 Å². The van der Waals surface area contributed by atoms with E-state index >= 15 is 0 Å². The lowest BCUT2D eigenvalue weighted by Gasteiger charge is -2.00. The maximum Gasteiger partial charge on any atom is 0.0546 e. The summed E-state index contributed by atoms with van der Waals surface area (Å²) in [6.45, 7) is 0. The Bertz CT molecular complexity index is 746. The van der Waals surface area contributed by atoms with Gasteiger partial charge in [0, 0.05) is 9.37 Å². The first-order chi connectivity index (χ1) is 8.33. The molecule has 4 rings (SSSR count). The summed E-state index contributed by atoms with van der Waals surface area (Å²) in [6.07, 6.45) is 2.38. The highest BCUT2D eigenvalue weighted by Crippen LogP contribution is 2.45. The lowest BCUT2D eigenvalue weighted by Crippen LogP contribution is -2.22. The van der Waals surface area contributed by atoms with Gasteiger partial charge in [-0.2, -0.15) is 0 Å². The Morgan fingerprint density at radius 3 is 2.88 bits per heavy atom. The Kier molecular flexibility index (Phi) is 2.06. The van der Waals surface area contributed by atoms with Gasteiger partial charge in [-0.25, -0.2) is 0 Å². The van der Waals surface area contributed by atoms with Crippen LogP contribution in [0, 0.1) is 0 Å². The molecule has 0 aromatic heterocycles. The van der Waals surface area contributed by atoms with Crippen LogP contribution in [0.4, 0.5) is 0 Å². The van der Waals surface area contributed by atoms with E-state index in [0.717, 1.165) is 4.47 Å². The van der Waals surface area contributed by atoms with Gasteiger partial charge in [-0.3, -0.25) is 0 Å². The second-order valence-corrected chi connectivity index (χ2v) is 6.45. The topological polar surface area (TPSA) is 0 Å². The third-order valence-electron chi connectivity index (χ3n) is 3.35. The first-order valence-corrected chi connectivity index (χ1v) is 7.28. The van der Waals surface area contributed by atoms with Crippen molar-refractivity contribution in [1.29, 1.82) is 0 Å². The monoisotopic (exact) mass is 300 g/mol. The zero-order chi connectivity index (χ0) is 11.4. The molecule has 0 spiro atoms. The summed E-state index contributed by atoms with van der Waals surface area (Å²) in [4.78, 5) is 1.39. The first kappa shape index (κ1) is 9.98. The quantitative estimate of drug-likeness (QED) is 0.721. The lowest BCUT2D eigenvalue weighted by atomic mass is 10.0. The van der Waals surface area contributed by atoms with Crippen molar-refractivity contribution in [3.8, 4) is 0 Å². The van der Waals surface area contributed by atoms with Crippen LogP contribution in [-0.4, -0.2) is 5.25 Å². The molecule has 0 amide bonds. The van der Waals surface area contributed by atoms with Gasteiger partial charge in [-0.1, -0.05) is 52.3 Å². The molecule has 1 atom stereocenters. The minimum Gasteiger partial charge on any atom is -0.113 e. The summed E-state index contributed by atoms with van der Waals surface area (Å²) in [5, 5.41) is 3.30. The molecule has 0 nitrogen and oxygen atoms in total. The third kappa shape index (κ3) is 1.37. The molecule has 1 heterocycles. The molecule has 17 heavy (non-hydrogen) atoms. The van der Waals surface area contributed by atoms with Gasteiger partial charge >= 0.3 is 0 Å². The fourth-order valence-electron chi connectivity index (χ4n) is 2.63. The molecular weight excluding hydrogens is 292 g/mol. The van der Waals surface area contributed by atoms with E-state index in [4.69, 9.17) is 0 Å². The number of fused-ring (bicyclic) bond motifs is 4. The molecule has 0 saturated carbocycles. The van der Waals surface area contributed by atoms with E-state index in [2.05, 4.69) is 64.5 Å². The van der Waals surface area contributed by atoms with Gasteiger partial charge < -0.3 is 0 Å². The van der Waals surface area contributed by atoms with Crippen molar-refractivity contribution < 1.29 is 0 Å². The van der Waals surface area contributed by atoms with Crippen molar-refractivity contribution in [3.05, 3.63) is 62.9 Å². The maximum atomic E-state index is 3.54. The van der Waals surface area contributed by atoms with Crippen LogP contribution in [0.1, 0.15) is 5.56 Å². The van der Waals surface area contributed by atoms with Crippen LogP contribution >= 0.6 is 27.7 Å². The molecular formula is C15H9BrS. The highest BCUT2D eigenvalue weighted by Gasteiger charge is 2.29. The molecule has 0 fully saturated rings. The Labute approximate surface area is 112 Å². The molecule has 82 valence electrons. The van der Waals surface area contributed by atoms with Crippen LogP contribution < -0.4 is 10.4 Å². The normalized spacial score (nSPS) is 19.6. The van der Waals surface area contributed by atoms with Crippen LogP contribution in [0.25, 0.3) is 11.6 Å². The van der Waals surface area contributed by atoms with Gasteiger partial charge in [0.1, 0.15) is 0 Å². The maximum absolute atomic E-state index is 3.54. The third-order valence-corrected chi connectivity index (χ3v) is 5.06. The zero-order valence-corrected chi connectivity index (χ0v) is 11.4. The fourth-order valence-corrected chi connectivity index (χ4v) is 4.50. The molecule has 2 aliphatic rings. The predicted molar refractivity (Wildman–Crippen MR) is 76.5 cm³/mol. The smallest absolute Gasteiger partial charge is 0.0546 e. The highest BCUT2D eigenvalue weighted by molar-refractivity contribution is 9.10. The van der Waals surface area contributed by atoms with Crippen LogP contribution in [0.15, 0.2) is 51.8 Å². The Hall–Kier alpha value is -0.990. The Morgan fingerprint density at radius 1 is 1.06 bits per heavy atom. The summed E-state index contributed by atoms with van der Waals surface area (Å²) < 4.78 is 1.16. The van der Waals surface area contributed by atoms with Gasteiger partial charge in [0.15, 0.2) is 0 Å². The number of rotatable bonds is 0. The average Bonchev–Trinajstić information content (AvgIpc) is 2.83. The Morgan fingerprint density at radius 2 is 1.94 bits per heavy atom. The van der Waals surface area contributed by atoms with E-state index in [1.165, 1.54) is 26.5 Å². The van der Waals surface area contributed by atoms with Crippen molar-refractivity contribution in [2.24, 2.45) is 0 Å². The zero-order valence-electron chi connectivity index (χ0n) is 8.98. The van der Waals surface area contributed by atoms with Crippen LogP contribution in [0.5, 0.6) is 0 Å². The molecule has 2 aromatic carbocycles. The minimum atomic E-state index is 0.511. The van der Waals surface area contributed by atoms with Crippen molar-refractivity contribution >= 4 is 39.3 Å². The standard InChI is InChI=1S/C15H9BrS/c16-10-5-6-12-13(8-10)17-14-7-9-3-1-2-4-11(9)15(12)14/h1-8,14H. The number of thioether (sulfide) groups is 1. The molecule has 1 aliphatic carbocycles. The minimum absolute atomic E-state index is 0.511. The SMILES string of the molecule is Brc1ccc2c(c1)SC1C=c3ccccc3=C21.